The normalized spacial score (nSPS) is 33.0. The van der Waals surface area contributed by atoms with Gasteiger partial charge >= 0.3 is 0 Å². The van der Waals surface area contributed by atoms with E-state index >= 15 is 0 Å². The van der Waals surface area contributed by atoms with Gasteiger partial charge in [0.05, 0.1) is 0 Å². The molecule has 0 aromatic heterocycles. The Bertz CT molecular complexity index is 122. The summed E-state index contributed by atoms with van der Waals surface area (Å²) in [4.78, 5) is 2.44. The Labute approximate surface area is 71.9 Å². The highest BCUT2D eigenvalue weighted by molar-refractivity contribution is 9.09. The summed E-state index contributed by atoms with van der Waals surface area (Å²) < 4.78 is 0. The maximum atomic E-state index is 3.53. The van der Waals surface area contributed by atoms with Crippen molar-refractivity contribution in [3.63, 3.8) is 0 Å². The SMILES string of the molecule is CN1CC(C)(C)CC1CBr. The first-order chi connectivity index (χ1) is 4.55. The lowest BCUT2D eigenvalue weighted by Gasteiger charge is -2.16. The molecule has 1 nitrogen and oxygen atoms in total. The summed E-state index contributed by atoms with van der Waals surface area (Å²) in [6.07, 6.45) is 1.33. The molecule has 60 valence electrons. The lowest BCUT2D eigenvalue weighted by Crippen LogP contribution is -2.26. The summed E-state index contributed by atoms with van der Waals surface area (Å²) in [5.41, 5.74) is 0.535. The Morgan fingerprint density at radius 3 is 2.40 bits per heavy atom. The van der Waals surface area contributed by atoms with Crippen LogP contribution in [0.3, 0.4) is 0 Å². The van der Waals surface area contributed by atoms with Gasteiger partial charge in [0, 0.05) is 17.9 Å². The summed E-state index contributed by atoms with van der Waals surface area (Å²) in [7, 11) is 2.21. The van der Waals surface area contributed by atoms with Crippen molar-refractivity contribution in [3.05, 3.63) is 0 Å². The van der Waals surface area contributed by atoms with Crippen molar-refractivity contribution in [2.45, 2.75) is 26.3 Å². The molecular formula is C8H16BrN. The summed E-state index contributed by atoms with van der Waals surface area (Å²) in [5.74, 6) is 0. The zero-order chi connectivity index (χ0) is 7.78. The second kappa shape index (κ2) is 2.82. The fraction of sp³-hybridized carbons (Fsp3) is 1.00. The minimum atomic E-state index is 0.535. The van der Waals surface area contributed by atoms with E-state index in [0.717, 1.165) is 11.4 Å². The topological polar surface area (TPSA) is 3.24 Å². The number of nitrogens with zero attached hydrogens (tertiary/aromatic N) is 1. The molecule has 0 N–H and O–H groups in total. The summed E-state index contributed by atoms with van der Waals surface area (Å²) in [6.45, 7) is 5.92. The molecule has 0 saturated carbocycles. The van der Waals surface area contributed by atoms with Crippen LogP contribution >= 0.6 is 15.9 Å². The van der Waals surface area contributed by atoms with Crippen molar-refractivity contribution in [1.82, 2.24) is 4.90 Å². The predicted octanol–water partition coefficient (Wildman–Crippen LogP) is 2.11. The fourth-order valence-corrected chi connectivity index (χ4v) is 2.56. The molecule has 10 heavy (non-hydrogen) atoms. The molecule has 2 heteroatoms. The molecule has 1 fully saturated rings. The second-order valence-electron chi connectivity index (χ2n) is 4.09. The van der Waals surface area contributed by atoms with Gasteiger partial charge in [-0.15, -0.1) is 0 Å². The molecule has 1 saturated heterocycles. The molecule has 1 heterocycles. The lowest BCUT2D eigenvalue weighted by atomic mass is 9.91. The Morgan fingerprint density at radius 1 is 1.60 bits per heavy atom. The number of hydrogen-bond donors (Lipinski definition) is 0. The van der Waals surface area contributed by atoms with Crippen molar-refractivity contribution in [2.75, 3.05) is 18.9 Å². The van der Waals surface area contributed by atoms with Gasteiger partial charge in [-0.2, -0.15) is 0 Å². The van der Waals surface area contributed by atoms with Crippen LogP contribution < -0.4 is 0 Å². The third-order valence-corrected chi connectivity index (χ3v) is 3.01. The molecule has 1 aliphatic heterocycles. The van der Waals surface area contributed by atoms with Crippen LogP contribution in [0.5, 0.6) is 0 Å². The molecule has 0 spiro atoms. The summed E-state index contributed by atoms with van der Waals surface area (Å²) >= 11 is 3.53. The van der Waals surface area contributed by atoms with Crippen LogP contribution in [0, 0.1) is 5.41 Å². The highest BCUT2D eigenvalue weighted by atomic mass is 79.9. The number of likely N-dealkylation sites (tertiary alicyclic amines) is 1. The zero-order valence-electron chi connectivity index (χ0n) is 7.02. The second-order valence-corrected chi connectivity index (χ2v) is 4.74. The highest BCUT2D eigenvalue weighted by Crippen LogP contribution is 2.33. The molecule has 0 amide bonds. The third kappa shape index (κ3) is 1.73. The number of halogens is 1. The summed E-state index contributed by atoms with van der Waals surface area (Å²) in [6, 6.07) is 0.759. The first-order valence-electron chi connectivity index (χ1n) is 3.81. The molecule has 1 unspecified atom stereocenters. The Kier molecular flexibility index (Phi) is 2.41. The average molecular weight is 206 g/mol. The van der Waals surface area contributed by atoms with Crippen LogP contribution in [-0.2, 0) is 0 Å². The van der Waals surface area contributed by atoms with Gasteiger partial charge in [-0.1, -0.05) is 29.8 Å². The molecule has 0 aliphatic carbocycles. The van der Waals surface area contributed by atoms with Gasteiger partial charge in [-0.25, -0.2) is 0 Å². The van der Waals surface area contributed by atoms with Gasteiger partial charge < -0.3 is 4.90 Å². The molecule has 1 rings (SSSR count). The monoisotopic (exact) mass is 205 g/mol. The van der Waals surface area contributed by atoms with Crippen LogP contribution in [0.25, 0.3) is 0 Å². The predicted molar refractivity (Wildman–Crippen MR) is 48.6 cm³/mol. The van der Waals surface area contributed by atoms with Crippen LogP contribution in [0.4, 0.5) is 0 Å². The summed E-state index contributed by atoms with van der Waals surface area (Å²) in [5, 5.41) is 1.12. The van der Waals surface area contributed by atoms with Crippen LogP contribution in [0.15, 0.2) is 0 Å². The van der Waals surface area contributed by atoms with Crippen molar-refractivity contribution in [3.8, 4) is 0 Å². The van der Waals surface area contributed by atoms with E-state index in [0.29, 0.717) is 5.41 Å². The number of hydrogen-bond acceptors (Lipinski definition) is 1. The van der Waals surface area contributed by atoms with Gasteiger partial charge in [-0.05, 0) is 18.9 Å². The quantitative estimate of drug-likeness (QED) is 0.594. The van der Waals surface area contributed by atoms with Gasteiger partial charge in [-0.3, -0.25) is 0 Å². The van der Waals surface area contributed by atoms with Gasteiger partial charge in [0.2, 0.25) is 0 Å². The zero-order valence-corrected chi connectivity index (χ0v) is 8.61. The van der Waals surface area contributed by atoms with E-state index < -0.39 is 0 Å². The van der Waals surface area contributed by atoms with E-state index in [4.69, 9.17) is 0 Å². The van der Waals surface area contributed by atoms with Crippen LogP contribution in [-0.4, -0.2) is 29.9 Å². The first kappa shape index (κ1) is 8.54. The molecule has 1 atom stereocenters. The Balaban J connectivity index is 2.52. The van der Waals surface area contributed by atoms with Gasteiger partial charge in [0.1, 0.15) is 0 Å². The minimum Gasteiger partial charge on any atom is -0.302 e. The molecule has 0 radical (unpaired) electrons. The van der Waals surface area contributed by atoms with E-state index in [1.54, 1.807) is 0 Å². The lowest BCUT2D eigenvalue weighted by molar-refractivity contribution is 0.311. The van der Waals surface area contributed by atoms with E-state index in [9.17, 15) is 0 Å². The third-order valence-electron chi connectivity index (χ3n) is 2.27. The maximum absolute atomic E-state index is 3.53. The number of rotatable bonds is 1. The van der Waals surface area contributed by atoms with Crippen molar-refractivity contribution in [2.24, 2.45) is 5.41 Å². The largest absolute Gasteiger partial charge is 0.302 e. The highest BCUT2D eigenvalue weighted by Gasteiger charge is 2.34. The van der Waals surface area contributed by atoms with E-state index in [1.165, 1.54) is 13.0 Å². The molecule has 0 aromatic rings. The van der Waals surface area contributed by atoms with Crippen molar-refractivity contribution < 1.29 is 0 Å². The van der Waals surface area contributed by atoms with Crippen molar-refractivity contribution in [1.29, 1.82) is 0 Å². The van der Waals surface area contributed by atoms with E-state index in [2.05, 4.69) is 41.7 Å². The van der Waals surface area contributed by atoms with Gasteiger partial charge in [0.25, 0.3) is 0 Å². The van der Waals surface area contributed by atoms with E-state index in [-0.39, 0.29) is 0 Å². The molecule has 1 aliphatic rings. The minimum absolute atomic E-state index is 0.535. The molecule has 0 aromatic carbocycles. The van der Waals surface area contributed by atoms with Crippen molar-refractivity contribution >= 4 is 15.9 Å². The fourth-order valence-electron chi connectivity index (χ4n) is 1.83. The van der Waals surface area contributed by atoms with E-state index in [1.807, 2.05) is 0 Å². The van der Waals surface area contributed by atoms with Gasteiger partial charge in [0.15, 0.2) is 0 Å². The molecular weight excluding hydrogens is 190 g/mol. The Morgan fingerprint density at radius 2 is 2.20 bits per heavy atom. The molecule has 0 bridgehead atoms. The smallest absolute Gasteiger partial charge is 0.0195 e. The van der Waals surface area contributed by atoms with Crippen LogP contribution in [0.1, 0.15) is 20.3 Å². The first-order valence-corrected chi connectivity index (χ1v) is 4.93. The Hall–Kier alpha value is 0.440. The number of alkyl halides is 1. The van der Waals surface area contributed by atoms with Crippen LogP contribution in [0.2, 0.25) is 0 Å². The standard InChI is InChI=1S/C8H16BrN/c1-8(2)4-7(5-9)10(3)6-8/h7H,4-6H2,1-3H3. The average Bonchev–Trinajstić information content (AvgIpc) is 2.05. The maximum Gasteiger partial charge on any atom is 0.0195 e.